The van der Waals surface area contributed by atoms with Crippen molar-refractivity contribution in [2.24, 2.45) is 5.92 Å². The topological polar surface area (TPSA) is 3.24 Å². The number of halogens is 1. The summed E-state index contributed by atoms with van der Waals surface area (Å²) in [7, 11) is 0. The van der Waals surface area contributed by atoms with Crippen LogP contribution >= 0.6 is 11.6 Å². The van der Waals surface area contributed by atoms with Gasteiger partial charge in [-0.05, 0) is 45.7 Å². The van der Waals surface area contributed by atoms with Crippen molar-refractivity contribution < 1.29 is 0 Å². The second-order valence-corrected chi connectivity index (χ2v) is 4.47. The van der Waals surface area contributed by atoms with Crippen molar-refractivity contribution in [3.8, 4) is 0 Å². The first-order valence-electron chi connectivity index (χ1n) is 5.41. The van der Waals surface area contributed by atoms with Gasteiger partial charge in [0.2, 0.25) is 0 Å². The van der Waals surface area contributed by atoms with Crippen LogP contribution in [0.3, 0.4) is 0 Å². The number of hydrogen-bond donors (Lipinski definition) is 0. The predicted octanol–water partition coefficient (Wildman–Crippen LogP) is 3.37. The van der Waals surface area contributed by atoms with E-state index in [1.807, 2.05) is 0 Å². The monoisotopic (exact) mass is 205 g/mol. The third-order valence-corrected chi connectivity index (χ3v) is 2.87. The highest BCUT2D eigenvalue weighted by Crippen LogP contribution is 2.10. The molecule has 0 fully saturated rings. The zero-order valence-corrected chi connectivity index (χ0v) is 10.3. The Hall–Kier alpha value is 0.250. The molecule has 80 valence electrons. The van der Waals surface area contributed by atoms with E-state index in [9.17, 15) is 0 Å². The molecule has 0 heterocycles. The fraction of sp³-hybridized carbons (Fsp3) is 1.00. The zero-order valence-electron chi connectivity index (χ0n) is 9.52. The first-order chi connectivity index (χ1) is 6.11. The molecular weight excluding hydrogens is 182 g/mol. The van der Waals surface area contributed by atoms with Crippen LogP contribution in [0, 0.1) is 5.92 Å². The van der Waals surface area contributed by atoms with Gasteiger partial charge in [0, 0.05) is 11.9 Å². The van der Waals surface area contributed by atoms with E-state index in [2.05, 4.69) is 32.6 Å². The Morgan fingerprint density at radius 1 is 1.15 bits per heavy atom. The minimum absolute atomic E-state index is 0.674. The molecule has 1 nitrogen and oxygen atoms in total. The van der Waals surface area contributed by atoms with Crippen LogP contribution < -0.4 is 0 Å². The lowest BCUT2D eigenvalue weighted by atomic mass is 10.0. The molecule has 0 aromatic rings. The molecule has 0 N–H and O–H groups in total. The van der Waals surface area contributed by atoms with Gasteiger partial charge in [-0.2, -0.15) is 0 Å². The fourth-order valence-corrected chi connectivity index (χ4v) is 1.87. The van der Waals surface area contributed by atoms with E-state index in [1.165, 1.54) is 13.0 Å². The van der Waals surface area contributed by atoms with E-state index < -0.39 is 0 Å². The van der Waals surface area contributed by atoms with Gasteiger partial charge >= 0.3 is 0 Å². The minimum atomic E-state index is 0.674. The maximum absolute atomic E-state index is 5.69. The third-order valence-electron chi connectivity index (χ3n) is 2.65. The van der Waals surface area contributed by atoms with Crippen molar-refractivity contribution >= 4 is 11.6 Å². The number of nitrogens with zero attached hydrogens (tertiary/aromatic N) is 1. The average molecular weight is 206 g/mol. The normalized spacial score (nSPS) is 14.1. The van der Waals surface area contributed by atoms with E-state index >= 15 is 0 Å². The Balaban J connectivity index is 3.59. The van der Waals surface area contributed by atoms with Crippen LogP contribution in [0.4, 0.5) is 0 Å². The summed E-state index contributed by atoms with van der Waals surface area (Å²) in [5.41, 5.74) is 0. The van der Waals surface area contributed by atoms with Crippen LogP contribution in [-0.2, 0) is 0 Å². The molecule has 0 aromatic carbocycles. The van der Waals surface area contributed by atoms with Gasteiger partial charge in [0.05, 0.1) is 0 Å². The van der Waals surface area contributed by atoms with Crippen molar-refractivity contribution in [1.29, 1.82) is 0 Å². The molecular formula is C11H24ClN. The lowest BCUT2D eigenvalue weighted by molar-refractivity contribution is 0.217. The van der Waals surface area contributed by atoms with Gasteiger partial charge in [-0.1, -0.05) is 13.8 Å². The van der Waals surface area contributed by atoms with E-state index in [4.69, 9.17) is 11.6 Å². The van der Waals surface area contributed by atoms with E-state index in [1.54, 1.807) is 0 Å². The molecule has 0 amide bonds. The molecule has 1 atom stereocenters. The van der Waals surface area contributed by atoms with Crippen molar-refractivity contribution in [3.63, 3.8) is 0 Å². The summed E-state index contributed by atoms with van der Waals surface area (Å²) >= 11 is 5.69. The molecule has 0 radical (unpaired) electrons. The summed E-state index contributed by atoms with van der Waals surface area (Å²) in [6.07, 6.45) is 2.43. The summed E-state index contributed by atoms with van der Waals surface area (Å²) in [5.74, 6) is 1.57. The second kappa shape index (κ2) is 7.64. The number of rotatable bonds is 7. The molecule has 0 aliphatic carbocycles. The van der Waals surface area contributed by atoms with E-state index in [0.717, 1.165) is 24.8 Å². The highest BCUT2D eigenvalue weighted by molar-refractivity contribution is 6.17. The van der Waals surface area contributed by atoms with Gasteiger partial charge in [0.1, 0.15) is 0 Å². The lowest BCUT2D eigenvalue weighted by Crippen LogP contribution is -2.32. The van der Waals surface area contributed by atoms with Gasteiger partial charge in [-0.15, -0.1) is 11.6 Å². The van der Waals surface area contributed by atoms with Crippen LogP contribution in [0.5, 0.6) is 0 Å². The molecule has 0 spiro atoms. The Morgan fingerprint density at radius 3 is 2.15 bits per heavy atom. The molecule has 0 aliphatic rings. The highest BCUT2D eigenvalue weighted by atomic mass is 35.5. The van der Waals surface area contributed by atoms with E-state index in [0.29, 0.717) is 6.04 Å². The maximum atomic E-state index is 5.69. The number of hydrogen-bond acceptors (Lipinski definition) is 1. The molecule has 2 heteroatoms. The van der Waals surface area contributed by atoms with Crippen molar-refractivity contribution in [1.82, 2.24) is 4.90 Å². The Morgan fingerprint density at radius 2 is 1.77 bits per heavy atom. The summed E-state index contributed by atoms with van der Waals surface area (Å²) in [4.78, 5) is 2.50. The van der Waals surface area contributed by atoms with Crippen LogP contribution in [-0.4, -0.2) is 29.9 Å². The fourth-order valence-electron chi connectivity index (χ4n) is 1.50. The number of alkyl halides is 1. The minimum Gasteiger partial charge on any atom is -0.301 e. The quantitative estimate of drug-likeness (QED) is 0.577. The van der Waals surface area contributed by atoms with Gasteiger partial charge in [-0.3, -0.25) is 0 Å². The first-order valence-corrected chi connectivity index (χ1v) is 5.95. The van der Waals surface area contributed by atoms with Crippen LogP contribution in [0.15, 0.2) is 0 Å². The van der Waals surface area contributed by atoms with Crippen molar-refractivity contribution in [2.75, 3.05) is 19.0 Å². The highest BCUT2D eigenvalue weighted by Gasteiger charge is 2.08. The predicted molar refractivity (Wildman–Crippen MR) is 61.5 cm³/mol. The van der Waals surface area contributed by atoms with Crippen molar-refractivity contribution in [2.45, 2.75) is 46.6 Å². The SMILES string of the molecule is CCN(CCC(C)CCCl)C(C)C. The van der Waals surface area contributed by atoms with Gasteiger partial charge < -0.3 is 4.90 Å². The molecule has 1 unspecified atom stereocenters. The summed E-state index contributed by atoms with van der Waals surface area (Å²) in [5, 5.41) is 0. The van der Waals surface area contributed by atoms with Crippen molar-refractivity contribution in [3.05, 3.63) is 0 Å². The van der Waals surface area contributed by atoms with E-state index in [-0.39, 0.29) is 0 Å². The lowest BCUT2D eigenvalue weighted by Gasteiger charge is -2.25. The van der Waals surface area contributed by atoms with Gasteiger partial charge in [0.15, 0.2) is 0 Å². The average Bonchev–Trinajstić information content (AvgIpc) is 2.05. The largest absolute Gasteiger partial charge is 0.301 e. The maximum Gasteiger partial charge on any atom is 0.0225 e. The molecule has 0 aliphatic heterocycles. The Kier molecular flexibility index (Phi) is 7.78. The smallest absolute Gasteiger partial charge is 0.0225 e. The first kappa shape index (κ1) is 13.2. The molecule has 13 heavy (non-hydrogen) atoms. The molecule has 0 saturated heterocycles. The van der Waals surface area contributed by atoms with Gasteiger partial charge in [0.25, 0.3) is 0 Å². The molecule has 0 bridgehead atoms. The van der Waals surface area contributed by atoms with Crippen LogP contribution in [0.1, 0.15) is 40.5 Å². The summed E-state index contributed by atoms with van der Waals surface area (Å²) < 4.78 is 0. The summed E-state index contributed by atoms with van der Waals surface area (Å²) in [6.45, 7) is 11.4. The standard InChI is InChI=1S/C11H24ClN/c1-5-13(10(2)3)9-7-11(4)6-8-12/h10-11H,5-9H2,1-4H3. The molecule has 0 saturated carbocycles. The van der Waals surface area contributed by atoms with Crippen LogP contribution in [0.2, 0.25) is 0 Å². The van der Waals surface area contributed by atoms with Crippen LogP contribution in [0.25, 0.3) is 0 Å². The third kappa shape index (κ3) is 6.34. The molecule has 0 rings (SSSR count). The zero-order chi connectivity index (χ0) is 10.3. The second-order valence-electron chi connectivity index (χ2n) is 4.09. The van der Waals surface area contributed by atoms with Gasteiger partial charge in [-0.25, -0.2) is 0 Å². The Labute approximate surface area is 88.5 Å². The summed E-state index contributed by atoms with van der Waals surface area (Å²) in [6, 6.07) is 0.674. The Bertz CT molecular complexity index is 115. The molecule has 0 aromatic heterocycles.